The number of nitrogens with one attached hydrogen (secondary N) is 3. The van der Waals surface area contributed by atoms with Gasteiger partial charge in [-0.3, -0.25) is 14.4 Å². The zero-order valence-electron chi connectivity index (χ0n) is 24.8. The van der Waals surface area contributed by atoms with Gasteiger partial charge in [-0.25, -0.2) is 4.79 Å². The van der Waals surface area contributed by atoms with Crippen molar-refractivity contribution in [3.63, 3.8) is 0 Å². The Balaban J connectivity index is 1.77. The van der Waals surface area contributed by atoms with E-state index in [2.05, 4.69) is 34.5 Å². The van der Waals surface area contributed by atoms with Crippen LogP contribution >= 0.6 is 0 Å². The lowest BCUT2D eigenvalue weighted by atomic mass is 9.87. The highest BCUT2D eigenvalue weighted by Gasteiger charge is 2.43. The van der Waals surface area contributed by atoms with E-state index in [-0.39, 0.29) is 31.5 Å². The van der Waals surface area contributed by atoms with Gasteiger partial charge in [-0.05, 0) is 63.7 Å². The van der Waals surface area contributed by atoms with Crippen molar-refractivity contribution >= 4 is 23.8 Å². The summed E-state index contributed by atoms with van der Waals surface area (Å²) in [4.78, 5) is 54.1. The molecule has 0 bridgehead atoms. The van der Waals surface area contributed by atoms with Gasteiger partial charge in [0.15, 0.2) is 0 Å². The van der Waals surface area contributed by atoms with Crippen molar-refractivity contribution in [2.24, 2.45) is 0 Å². The van der Waals surface area contributed by atoms with Gasteiger partial charge in [-0.1, -0.05) is 36.8 Å². The van der Waals surface area contributed by atoms with Crippen LogP contribution in [0.3, 0.4) is 0 Å². The zero-order chi connectivity index (χ0) is 31.0. The summed E-state index contributed by atoms with van der Waals surface area (Å²) < 4.78 is 10.9. The molecule has 0 radical (unpaired) electrons. The van der Waals surface area contributed by atoms with Gasteiger partial charge in [0.2, 0.25) is 17.7 Å². The molecule has 0 saturated carbocycles. The summed E-state index contributed by atoms with van der Waals surface area (Å²) in [5.41, 5.74) is 1.73. The predicted octanol–water partition coefficient (Wildman–Crippen LogP) is 1.75. The average molecular weight is 583 g/mol. The van der Waals surface area contributed by atoms with Crippen LogP contribution < -0.4 is 16.0 Å². The molecule has 1 aliphatic heterocycles. The van der Waals surface area contributed by atoms with Gasteiger partial charge in [0, 0.05) is 13.0 Å². The molecular weight excluding hydrogens is 540 g/mol. The highest BCUT2D eigenvalue weighted by atomic mass is 16.6. The van der Waals surface area contributed by atoms with Crippen molar-refractivity contribution in [2.75, 3.05) is 19.8 Å². The van der Waals surface area contributed by atoms with Crippen LogP contribution in [0.1, 0.15) is 64.1 Å². The second kappa shape index (κ2) is 14.3. The number of amides is 4. The molecule has 1 aromatic rings. The third kappa shape index (κ3) is 8.57. The number of hydrogen-bond donors (Lipinski definition) is 4. The Kier molecular flexibility index (Phi) is 11.1. The molecule has 2 aliphatic rings. The molecule has 228 valence electrons. The van der Waals surface area contributed by atoms with E-state index in [0.29, 0.717) is 5.57 Å². The zero-order valence-corrected chi connectivity index (χ0v) is 24.8. The van der Waals surface area contributed by atoms with E-state index in [4.69, 9.17) is 15.9 Å². The minimum absolute atomic E-state index is 0.0200. The quantitative estimate of drug-likeness (QED) is 0.243. The molecule has 1 unspecified atom stereocenters. The number of aliphatic hydroxyl groups is 1. The van der Waals surface area contributed by atoms with Crippen LogP contribution in [0.4, 0.5) is 4.79 Å². The summed E-state index contributed by atoms with van der Waals surface area (Å²) in [6.07, 6.45) is 6.85. The van der Waals surface area contributed by atoms with Crippen molar-refractivity contribution in [1.82, 2.24) is 20.9 Å². The standard InChI is InChI=1S/C31H42N4O7/c1-7-15-41-21-16-25(28(38)32-23-14-10-12-20-11-8-9-13-22(20)23)35(17-21)29(39)26(19(2)3)34-27(37)24(18-36)33-30(40)42-31(4,5)6/h1,8-9,11,13,21,23-26,36H,2,10,12,14-18H2,3-6H3,(H,32,38)(H,33,40)(H,34,37)/t21-,23?,24-,25-,26-/m0/s1. The number of alkyl carbamates (subject to hydrolysis) is 1. The van der Waals surface area contributed by atoms with Gasteiger partial charge in [0.05, 0.1) is 18.8 Å². The van der Waals surface area contributed by atoms with Crippen LogP contribution in [0.5, 0.6) is 0 Å². The number of aliphatic hydroxyl groups excluding tert-OH is 1. The van der Waals surface area contributed by atoms with Gasteiger partial charge in [0.25, 0.3) is 0 Å². The molecule has 11 heteroatoms. The first-order chi connectivity index (χ1) is 19.8. The van der Waals surface area contributed by atoms with E-state index >= 15 is 0 Å². The van der Waals surface area contributed by atoms with Crippen molar-refractivity contribution < 1.29 is 33.8 Å². The van der Waals surface area contributed by atoms with Crippen molar-refractivity contribution in [2.45, 2.75) is 89.3 Å². The van der Waals surface area contributed by atoms with Crippen molar-refractivity contribution in [3.05, 3.63) is 47.5 Å². The second-order valence-electron chi connectivity index (χ2n) is 11.7. The van der Waals surface area contributed by atoms with E-state index in [1.165, 1.54) is 10.5 Å². The Morgan fingerprint density at radius 1 is 1.21 bits per heavy atom. The van der Waals surface area contributed by atoms with Crippen LogP contribution in [0.15, 0.2) is 36.4 Å². The van der Waals surface area contributed by atoms with E-state index in [1.54, 1.807) is 27.7 Å². The number of nitrogens with zero attached hydrogens (tertiary/aromatic N) is 1. The fraction of sp³-hybridized carbons (Fsp3) is 0.548. The van der Waals surface area contributed by atoms with Crippen LogP contribution in [0.25, 0.3) is 0 Å². The lowest BCUT2D eigenvalue weighted by molar-refractivity contribution is -0.141. The number of terminal acetylenes is 1. The fourth-order valence-electron chi connectivity index (χ4n) is 5.20. The number of rotatable bonds is 10. The minimum atomic E-state index is -1.38. The molecule has 1 aromatic carbocycles. The molecule has 11 nitrogen and oxygen atoms in total. The highest BCUT2D eigenvalue weighted by molar-refractivity contribution is 5.96. The number of likely N-dealkylation sites (tertiary alicyclic amines) is 1. The molecule has 0 aromatic heterocycles. The van der Waals surface area contributed by atoms with Gasteiger partial charge in [-0.2, -0.15) is 0 Å². The van der Waals surface area contributed by atoms with Crippen LogP contribution in [-0.4, -0.2) is 83.4 Å². The van der Waals surface area contributed by atoms with E-state index in [9.17, 15) is 24.3 Å². The van der Waals surface area contributed by atoms with Crippen molar-refractivity contribution in [1.29, 1.82) is 0 Å². The van der Waals surface area contributed by atoms with E-state index < -0.39 is 54.3 Å². The van der Waals surface area contributed by atoms with Gasteiger partial charge in [0.1, 0.15) is 30.3 Å². The molecule has 1 saturated heterocycles. The summed E-state index contributed by atoms with van der Waals surface area (Å²) >= 11 is 0. The lowest BCUT2D eigenvalue weighted by Gasteiger charge is -2.32. The highest BCUT2D eigenvalue weighted by Crippen LogP contribution is 2.31. The molecule has 0 spiro atoms. The number of carbonyl (C=O) groups excluding carboxylic acids is 4. The predicted molar refractivity (Wildman–Crippen MR) is 156 cm³/mol. The summed E-state index contributed by atoms with van der Waals surface area (Å²) in [6, 6.07) is 4.30. The second-order valence-corrected chi connectivity index (χ2v) is 11.7. The normalized spacial score (nSPS) is 21.2. The molecule has 42 heavy (non-hydrogen) atoms. The first kappa shape index (κ1) is 32.6. The van der Waals surface area contributed by atoms with Crippen LogP contribution in [-0.2, 0) is 30.3 Å². The first-order valence-electron chi connectivity index (χ1n) is 14.1. The van der Waals surface area contributed by atoms with Crippen molar-refractivity contribution in [3.8, 4) is 12.3 Å². The summed E-state index contributed by atoms with van der Waals surface area (Å²) in [6.45, 7) is 9.77. The van der Waals surface area contributed by atoms with Gasteiger partial charge < -0.3 is 35.4 Å². The van der Waals surface area contributed by atoms with Gasteiger partial charge in [-0.15, -0.1) is 6.42 Å². The number of ether oxygens (including phenoxy) is 2. The molecule has 3 rings (SSSR count). The largest absolute Gasteiger partial charge is 0.444 e. The smallest absolute Gasteiger partial charge is 0.408 e. The molecule has 1 fully saturated rings. The topological polar surface area (TPSA) is 146 Å². The Morgan fingerprint density at radius 2 is 1.93 bits per heavy atom. The number of benzene rings is 1. The Bertz CT molecular complexity index is 1220. The van der Waals surface area contributed by atoms with E-state index in [0.717, 1.165) is 24.8 Å². The Labute approximate surface area is 247 Å². The number of hydrogen-bond acceptors (Lipinski definition) is 7. The maximum Gasteiger partial charge on any atom is 0.408 e. The Morgan fingerprint density at radius 3 is 2.57 bits per heavy atom. The summed E-state index contributed by atoms with van der Waals surface area (Å²) in [7, 11) is 0. The molecule has 5 atom stereocenters. The third-order valence-corrected chi connectivity index (χ3v) is 7.15. The van der Waals surface area contributed by atoms with Crippen LogP contribution in [0, 0.1) is 12.3 Å². The number of fused-ring (bicyclic) bond motifs is 1. The monoisotopic (exact) mass is 582 g/mol. The lowest BCUT2D eigenvalue weighted by Crippen LogP contribution is -2.58. The molecule has 4 N–H and O–H groups in total. The minimum Gasteiger partial charge on any atom is -0.444 e. The average Bonchev–Trinajstić information content (AvgIpc) is 3.36. The molecule has 1 heterocycles. The number of carbonyl (C=O) groups is 4. The van der Waals surface area contributed by atoms with Crippen LogP contribution in [0.2, 0.25) is 0 Å². The van der Waals surface area contributed by atoms with Gasteiger partial charge >= 0.3 is 6.09 Å². The summed E-state index contributed by atoms with van der Waals surface area (Å²) in [5, 5.41) is 17.8. The first-order valence-corrected chi connectivity index (χ1v) is 14.1. The maximum atomic E-state index is 13.9. The molecule has 4 amide bonds. The summed E-state index contributed by atoms with van der Waals surface area (Å²) in [5.74, 6) is 0.694. The number of aryl methyl sites for hydroxylation is 1. The third-order valence-electron chi connectivity index (χ3n) is 7.15. The maximum absolute atomic E-state index is 13.9. The molecule has 1 aliphatic carbocycles. The SMILES string of the molecule is C#CCO[C@H]1C[C@@H](C(=O)NC2CCCc3ccccc32)N(C(=O)[C@@H](NC(=O)[C@H](CO)NC(=O)OC(C)(C)C)C(=C)C)C1. The van der Waals surface area contributed by atoms with E-state index in [1.807, 2.05) is 18.2 Å². The fourth-order valence-corrected chi connectivity index (χ4v) is 5.20. The Hall–Kier alpha value is -3.88. The molecular formula is C31H42N4O7.